The monoisotopic (exact) mass is 385 g/mol. The van der Waals surface area contributed by atoms with Crippen LogP contribution in [0.4, 0.5) is 16.2 Å². The molecular formula is C21H27N3O4. The number of carbonyl (C=O) groups is 1. The zero-order valence-corrected chi connectivity index (χ0v) is 16.9. The van der Waals surface area contributed by atoms with E-state index in [1.807, 2.05) is 32.9 Å². The number of pyridine rings is 1. The van der Waals surface area contributed by atoms with Crippen molar-refractivity contribution < 1.29 is 19.0 Å². The number of nitrogens with zero attached hydrogens (tertiary/aromatic N) is 2. The zero-order chi connectivity index (χ0) is 20.1. The third-order valence-electron chi connectivity index (χ3n) is 4.77. The molecule has 0 atom stereocenters. The Bertz CT molecular complexity index is 848. The van der Waals surface area contributed by atoms with Crippen LogP contribution in [-0.4, -0.2) is 44.5 Å². The Labute approximate surface area is 165 Å². The number of benzene rings is 1. The molecule has 0 radical (unpaired) electrons. The minimum Gasteiger partial charge on any atom is -0.496 e. The molecule has 1 fully saturated rings. The fourth-order valence-corrected chi connectivity index (χ4v) is 3.34. The van der Waals surface area contributed by atoms with Gasteiger partial charge in [0.1, 0.15) is 12.4 Å². The van der Waals surface area contributed by atoms with Gasteiger partial charge in [-0.1, -0.05) is 0 Å². The van der Waals surface area contributed by atoms with Gasteiger partial charge in [0.25, 0.3) is 0 Å². The van der Waals surface area contributed by atoms with E-state index in [0.29, 0.717) is 24.6 Å². The molecule has 150 valence electrons. The first-order valence-electron chi connectivity index (χ1n) is 9.35. The molecule has 3 rings (SSSR count). The molecular weight excluding hydrogens is 358 g/mol. The highest BCUT2D eigenvalue weighted by Gasteiger charge is 2.14. The van der Waals surface area contributed by atoms with Crippen molar-refractivity contribution in [2.24, 2.45) is 0 Å². The number of morpholine rings is 1. The van der Waals surface area contributed by atoms with E-state index in [4.69, 9.17) is 14.2 Å². The summed E-state index contributed by atoms with van der Waals surface area (Å²) in [7, 11) is 1.62. The SMILES string of the molecule is COc1c(C)cnc(COC(=O)Nc2cc(C)cc(N3CCOCC3)c2)c1C. The summed E-state index contributed by atoms with van der Waals surface area (Å²) >= 11 is 0. The number of methoxy groups -OCH3 is 1. The van der Waals surface area contributed by atoms with Gasteiger partial charge in [0, 0.05) is 41.8 Å². The van der Waals surface area contributed by atoms with E-state index in [0.717, 1.165) is 41.2 Å². The zero-order valence-electron chi connectivity index (χ0n) is 16.9. The van der Waals surface area contributed by atoms with Gasteiger partial charge in [-0.2, -0.15) is 0 Å². The first-order valence-corrected chi connectivity index (χ1v) is 9.35. The number of amides is 1. The minimum absolute atomic E-state index is 0.0798. The Hall–Kier alpha value is -2.80. The van der Waals surface area contributed by atoms with Crippen LogP contribution in [0.2, 0.25) is 0 Å². The number of hydrogen-bond acceptors (Lipinski definition) is 6. The van der Waals surface area contributed by atoms with Gasteiger partial charge >= 0.3 is 6.09 Å². The summed E-state index contributed by atoms with van der Waals surface area (Å²) in [5, 5.41) is 2.81. The predicted octanol–water partition coefficient (Wildman–Crippen LogP) is 3.60. The quantitative estimate of drug-likeness (QED) is 0.848. The van der Waals surface area contributed by atoms with Crippen LogP contribution >= 0.6 is 0 Å². The standard InChI is InChI=1S/C21H27N3O4/c1-14-9-17(11-18(10-14)24-5-7-27-8-6-24)23-21(25)28-13-19-16(3)20(26-4)15(2)12-22-19/h9-12H,5-8,13H2,1-4H3,(H,23,25). The Morgan fingerprint density at radius 3 is 2.68 bits per heavy atom. The predicted molar refractivity (Wildman–Crippen MR) is 108 cm³/mol. The van der Waals surface area contributed by atoms with E-state index < -0.39 is 6.09 Å². The first-order chi connectivity index (χ1) is 13.5. The fourth-order valence-electron chi connectivity index (χ4n) is 3.34. The smallest absolute Gasteiger partial charge is 0.412 e. The lowest BCUT2D eigenvalue weighted by Crippen LogP contribution is -2.36. The lowest BCUT2D eigenvalue weighted by molar-refractivity contribution is 0.122. The summed E-state index contributed by atoms with van der Waals surface area (Å²) < 4.78 is 16.2. The van der Waals surface area contributed by atoms with E-state index in [1.165, 1.54) is 0 Å². The van der Waals surface area contributed by atoms with Crippen molar-refractivity contribution in [3.63, 3.8) is 0 Å². The second-order valence-electron chi connectivity index (χ2n) is 6.90. The van der Waals surface area contributed by atoms with Gasteiger partial charge in [0.2, 0.25) is 0 Å². The van der Waals surface area contributed by atoms with Crippen molar-refractivity contribution in [2.45, 2.75) is 27.4 Å². The fraction of sp³-hybridized carbons (Fsp3) is 0.429. The molecule has 2 heterocycles. The van der Waals surface area contributed by atoms with Crippen molar-refractivity contribution in [1.82, 2.24) is 4.98 Å². The summed E-state index contributed by atoms with van der Waals surface area (Å²) in [6, 6.07) is 5.98. The van der Waals surface area contributed by atoms with Crippen LogP contribution in [0.25, 0.3) is 0 Å². The Morgan fingerprint density at radius 2 is 1.96 bits per heavy atom. The Morgan fingerprint density at radius 1 is 1.21 bits per heavy atom. The van der Waals surface area contributed by atoms with Crippen molar-refractivity contribution in [1.29, 1.82) is 0 Å². The topological polar surface area (TPSA) is 72.9 Å². The summed E-state index contributed by atoms with van der Waals surface area (Å²) in [6.07, 6.45) is 1.21. The van der Waals surface area contributed by atoms with Crippen LogP contribution in [0.5, 0.6) is 5.75 Å². The molecule has 28 heavy (non-hydrogen) atoms. The molecule has 1 aromatic heterocycles. The van der Waals surface area contributed by atoms with E-state index in [2.05, 4.69) is 21.3 Å². The Balaban J connectivity index is 1.64. The average Bonchev–Trinajstić information content (AvgIpc) is 2.68. The van der Waals surface area contributed by atoms with E-state index in [1.54, 1.807) is 13.3 Å². The van der Waals surface area contributed by atoms with Crippen LogP contribution in [0.15, 0.2) is 24.4 Å². The molecule has 1 saturated heterocycles. The van der Waals surface area contributed by atoms with Gasteiger partial charge in [-0.25, -0.2) is 4.79 Å². The third-order valence-corrected chi connectivity index (χ3v) is 4.77. The van der Waals surface area contributed by atoms with Crippen molar-refractivity contribution in [3.8, 4) is 5.75 Å². The summed E-state index contributed by atoms with van der Waals surface area (Å²) in [5.74, 6) is 0.767. The average molecular weight is 385 g/mol. The van der Waals surface area contributed by atoms with E-state index in [9.17, 15) is 4.79 Å². The van der Waals surface area contributed by atoms with Gasteiger partial charge < -0.3 is 19.1 Å². The van der Waals surface area contributed by atoms with Gasteiger partial charge in [-0.3, -0.25) is 10.3 Å². The molecule has 2 aromatic rings. The molecule has 1 N–H and O–H groups in total. The summed E-state index contributed by atoms with van der Waals surface area (Å²) in [6.45, 7) is 9.03. The number of carbonyl (C=O) groups excluding carboxylic acids is 1. The molecule has 0 unspecified atom stereocenters. The summed E-state index contributed by atoms with van der Waals surface area (Å²) in [4.78, 5) is 18.9. The Kier molecular flexibility index (Phi) is 6.36. The van der Waals surface area contributed by atoms with Gasteiger partial charge in [0.15, 0.2) is 0 Å². The van der Waals surface area contributed by atoms with Crippen LogP contribution < -0.4 is 15.0 Å². The number of ether oxygens (including phenoxy) is 3. The lowest BCUT2D eigenvalue weighted by Gasteiger charge is -2.29. The molecule has 1 aliphatic heterocycles. The molecule has 1 amide bonds. The molecule has 0 bridgehead atoms. The maximum atomic E-state index is 12.3. The number of hydrogen-bond donors (Lipinski definition) is 1. The van der Waals surface area contributed by atoms with Gasteiger partial charge in [-0.15, -0.1) is 0 Å². The number of nitrogens with one attached hydrogen (secondary N) is 1. The number of rotatable bonds is 5. The van der Waals surface area contributed by atoms with Crippen LogP contribution in [0.1, 0.15) is 22.4 Å². The number of aryl methyl sites for hydroxylation is 2. The summed E-state index contributed by atoms with van der Waals surface area (Å²) in [5.41, 5.74) is 5.34. The lowest BCUT2D eigenvalue weighted by atomic mass is 10.1. The first kappa shape index (κ1) is 19.9. The highest BCUT2D eigenvalue weighted by molar-refractivity contribution is 5.85. The second kappa shape index (κ2) is 8.93. The van der Waals surface area contributed by atoms with Crippen LogP contribution in [-0.2, 0) is 16.1 Å². The number of aromatic nitrogens is 1. The molecule has 1 aromatic carbocycles. The normalized spacial score (nSPS) is 13.9. The largest absolute Gasteiger partial charge is 0.496 e. The van der Waals surface area contributed by atoms with Gasteiger partial charge in [-0.05, 0) is 44.5 Å². The molecule has 1 aliphatic rings. The molecule has 0 aliphatic carbocycles. The molecule has 0 saturated carbocycles. The maximum Gasteiger partial charge on any atom is 0.412 e. The minimum atomic E-state index is -0.515. The van der Waals surface area contributed by atoms with Crippen LogP contribution in [0.3, 0.4) is 0 Å². The van der Waals surface area contributed by atoms with Crippen molar-refractivity contribution in [2.75, 3.05) is 43.6 Å². The van der Waals surface area contributed by atoms with Crippen LogP contribution in [0, 0.1) is 20.8 Å². The third kappa shape index (κ3) is 4.72. The van der Waals surface area contributed by atoms with Crippen molar-refractivity contribution >= 4 is 17.5 Å². The molecule has 7 nitrogen and oxygen atoms in total. The van der Waals surface area contributed by atoms with Gasteiger partial charge in [0.05, 0.1) is 26.0 Å². The molecule has 7 heteroatoms. The highest BCUT2D eigenvalue weighted by atomic mass is 16.5. The highest BCUT2D eigenvalue weighted by Crippen LogP contribution is 2.25. The van der Waals surface area contributed by atoms with Crippen molar-refractivity contribution in [3.05, 3.63) is 46.8 Å². The molecule has 0 spiro atoms. The van der Waals surface area contributed by atoms with E-state index >= 15 is 0 Å². The second-order valence-corrected chi connectivity index (χ2v) is 6.90. The number of anilines is 2. The maximum absolute atomic E-state index is 12.3. The van der Waals surface area contributed by atoms with E-state index in [-0.39, 0.29) is 6.61 Å².